The molecule has 0 unspecified atom stereocenters. The zero-order valence-electron chi connectivity index (χ0n) is 13.4. The van der Waals surface area contributed by atoms with E-state index < -0.39 is 37.0 Å². The van der Waals surface area contributed by atoms with Crippen LogP contribution >= 0.6 is 0 Å². The summed E-state index contributed by atoms with van der Waals surface area (Å²) in [6.07, 6.45) is 0. The summed E-state index contributed by atoms with van der Waals surface area (Å²) in [6.45, 7) is 1.03. The van der Waals surface area contributed by atoms with Crippen LogP contribution in [0.25, 0.3) is 0 Å². The molecule has 1 aromatic carbocycles. The number of imide groups is 1. The van der Waals surface area contributed by atoms with Gasteiger partial charge >= 0.3 is 12.0 Å². The summed E-state index contributed by atoms with van der Waals surface area (Å²) in [5.74, 6) is -1.44. The second kappa shape index (κ2) is 9.82. The fraction of sp³-hybridized carbons (Fsp3) is 0.333. The van der Waals surface area contributed by atoms with Crippen molar-refractivity contribution in [1.82, 2.24) is 16.0 Å². The molecule has 1 aromatic rings. The smallest absolute Gasteiger partial charge is 0.325 e. The van der Waals surface area contributed by atoms with E-state index in [2.05, 4.69) is 15.4 Å². The Bertz CT molecular complexity index is 600. The molecule has 0 saturated heterocycles. The maximum absolute atomic E-state index is 11.8. The van der Waals surface area contributed by atoms with E-state index in [1.165, 1.54) is 7.11 Å². The summed E-state index contributed by atoms with van der Waals surface area (Å²) in [5.41, 5.74) is 0.345. The molecule has 0 saturated carbocycles. The second-order valence-electron chi connectivity index (χ2n) is 4.48. The largest absolute Gasteiger partial charge is 0.497 e. The molecule has 0 heterocycles. The molecule has 9 nitrogen and oxygen atoms in total. The number of carbonyl (C=O) groups is 4. The minimum atomic E-state index is -0.803. The molecule has 4 amide bonds. The number of hydrogen-bond donors (Lipinski definition) is 3. The number of nitrogens with one attached hydrogen (secondary N) is 3. The lowest BCUT2D eigenvalue weighted by Crippen LogP contribution is -2.41. The average molecular weight is 337 g/mol. The summed E-state index contributed by atoms with van der Waals surface area (Å²) < 4.78 is 9.61. The van der Waals surface area contributed by atoms with Gasteiger partial charge in [0.2, 0.25) is 0 Å². The topological polar surface area (TPSA) is 123 Å². The minimum Gasteiger partial charge on any atom is -0.497 e. The van der Waals surface area contributed by atoms with Crippen molar-refractivity contribution in [3.8, 4) is 5.75 Å². The average Bonchev–Trinajstić information content (AvgIpc) is 2.58. The number of benzene rings is 1. The molecule has 0 atom stereocenters. The summed E-state index contributed by atoms with van der Waals surface area (Å²) in [6, 6.07) is 5.63. The zero-order valence-corrected chi connectivity index (χ0v) is 13.4. The van der Waals surface area contributed by atoms with Crippen LogP contribution in [0, 0.1) is 0 Å². The third-order valence-electron chi connectivity index (χ3n) is 2.70. The van der Waals surface area contributed by atoms with Crippen LogP contribution in [0.2, 0.25) is 0 Å². The van der Waals surface area contributed by atoms with E-state index in [1.54, 1.807) is 31.2 Å². The van der Waals surface area contributed by atoms with E-state index in [9.17, 15) is 19.2 Å². The molecule has 0 aliphatic rings. The van der Waals surface area contributed by atoms with Crippen molar-refractivity contribution < 1.29 is 28.7 Å². The Morgan fingerprint density at radius 3 is 2.29 bits per heavy atom. The third kappa shape index (κ3) is 6.77. The Kier molecular flexibility index (Phi) is 7.76. The number of amides is 4. The molecule has 0 fully saturated rings. The van der Waals surface area contributed by atoms with Crippen molar-refractivity contribution in [2.45, 2.75) is 6.92 Å². The van der Waals surface area contributed by atoms with Gasteiger partial charge in [0.1, 0.15) is 12.3 Å². The van der Waals surface area contributed by atoms with E-state index in [4.69, 9.17) is 4.74 Å². The van der Waals surface area contributed by atoms with Gasteiger partial charge in [0, 0.05) is 12.1 Å². The first-order valence-electron chi connectivity index (χ1n) is 7.11. The van der Waals surface area contributed by atoms with E-state index in [1.807, 2.05) is 5.32 Å². The van der Waals surface area contributed by atoms with E-state index in [-0.39, 0.29) is 0 Å². The Hall–Kier alpha value is -3.10. The van der Waals surface area contributed by atoms with Crippen LogP contribution in [0.3, 0.4) is 0 Å². The van der Waals surface area contributed by atoms with Crippen LogP contribution < -0.4 is 20.7 Å². The lowest BCUT2D eigenvalue weighted by molar-refractivity contribution is -0.147. The fourth-order valence-corrected chi connectivity index (χ4v) is 1.56. The predicted molar refractivity (Wildman–Crippen MR) is 83.5 cm³/mol. The van der Waals surface area contributed by atoms with Crippen molar-refractivity contribution in [1.29, 1.82) is 0 Å². The van der Waals surface area contributed by atoms with Gasteiger partial charge in [0.25, 0.3) is 11.8 Å². The molecule has 0 spiro atoms. The summed E-state index contributed by atoms with van der Waals surface area (Å²) in [4.78, 5) is 45.6. The zero-order chi connectivity index (χ0) is 17.9. The first-order valence-corrected chi connectivity index (χ1v) is 7.11. The summed E-state index contributed by atoms with van der Waals surface area (Å²) >= 11 is 0. The third-order valence-corrected chi connectivity index (χ3v) is 2.70. The van der Waals surface area contributed by atoms with Crippen LogP contribution in [-0.2, 0) is 14.3 Å². The van der Waals surface area contributed by atoms with E-state index in [0.717, 1.165) is 0 Å². The highest BCUT2D eigenvalue weighted by Crippen LogP contribution is 2.10. The van der Waals surface area contributed by atoms with Crippen molar-refractivity contribution in [2.75, 3.05) is 26.8 Å². The van der Waals surface area contributed by atoms with Gasteiger partial charge in [-0.1, -0.05) is 0 Å². The number of hydrogen-bond acceptors (Lipinski definition) is 6. The van der Waals surface area contributed by atoms with Gasteiger partial charge in [-0.2, -0.15) is 0 Å². The van der Waals surface area contributed by atoms with Crippen LogP contribution in [0.4, 0.5) is 4.79 Å². The van der Waals surface area contributed by atoms with Crippen molar-refractivity contribution in [3.63, 3.8) is 0 Å². The molecule has 9 heteroatoms. The molecule has 1 rings (SSSR count). The minimum absolute atomic E-state index is 0.345. The molecule has 0 bridgehead atoms. The SMILES string of the molecule is CCNC(=O)NC(=O)COC(=O)CNC(=O)c1ccc(OC)cc1. The fourth-order valence-electron chi connectivity index (χ4n) is 1.56. The van der Waals surface area contributed by atoms with E-state index in [0.29, 0.717) is 17.9 Å². The van der Waals surface area contributed by atoms with Gasteiger partial charge < -0.3 is 20.1 Å². The van der Waals surface area contributed by atoms with Gasteiger partial charge in [0.15, 0.2) is 6.61 Å². The number of carbonyl (C=O) groups excluding carboxylic acids is 4. The maximum atomic E-state index is 11.8. The van der Waals surface area contributed by atoms with Crippen LogP contribution in [-0.4, -0.2) is 50.6 Å². The lowest BCUT2D eigenvalue weighted by atomic mass is 10.2. The number of rotatable bonds is 7. The molecule has 0 aromatic heterocycles. The number of methoxy groups -OCH3 is 1. The summed E-state index contributed by atoms with van der Waals surface area (Å²) in [5, 5.41) is 6.68. The predicted octanol–water partition coefficient (Wildman–Crippen LogP) is -0.186. The highest BCUT2D eigenvalue weighted by atomic mass is 16.5. The van der Waals surface area contributed by atoms with Crippen molar-refractivity contribution in [3.05, 3.63) is 29.8 Å². The van der Waals surface area contributed by atoms with Gasteiger partial charge in [-0.25, -0.2) is 4.79 Å². The molecule has 0 radical (unpaired) electrons. The Morgan fingerprint density at radius 2 is 1.71 bits per heavy atom. The molecule has 3 N–H and O–H groups in total. The highest BCUT2D eigenvalue weighted by molar-refractivity contribution is 5.97. The van der Waals surface area contributed by atoms with Gasteiger partial charge in [0.05, 0.1) is 7.11 Å². The highest BCUT2D eigenvalue weighted by Gasteiger charge is 2.12. The first-order chi connectivity index (χ1) is 11.5. The molecular formula is C15H19N3O6. The normalized spacial score (nSPS) is 9.58. The Labute approximate surface area is 138 Å². The van der Waals surface area contributed by atoms with Crippen LogP contribution in [0.5, 0.6) is 5.75 Å². The van der Waals surface area contributed by atoms with Crippen LogP contribution in [0.1, 0.15) is 17.3 Å². The number of esters is 1. The molecular weight excluding hydrogens is 318 g/mol. The molecule has 0 aliphatic carbocycles. The second-order valence-corrected chi connectivity index (χ2v) is 4.48. The quantitative estimate of drug-likeness (QED) is 0.593. The van der Waals surface area contributed by atoms with E-state index >= 15 is 0 Å². The summed E-state index contributed by atoms with van der Waals surface area (Å²) in [7, 11) is 1.51. The van der Waals surface area contributed by atoms with Crippen LogP contribution in [0.15, 0.2) is 24.3 Å². The number of ether oxygens (including phenoxy) is 2. The standard InChI is InChI=1S/C15H19N3O6/c1-3-16-15(22)18-12(19)9-24-13(20)8-17-14(21)10-4-6-11(23-2)7-5-10/h4-7H,3,8-9H2,1-2H3,(H,17,21)(H2,16,18,19,22). The monoisotopic (exact) mass is 337 g/mol. The van der Waals surface area contributed by atoms with Crippen molar-refractivity contribution >= 4 is 23.8 Å². The Balaban J connectivity index is 2.31. The van der Waals surface area contributed by atoms with Crippen molar-refractivity contribution in [2.24, 2.45) is 0 Å². The molecule has 130 valence electrons. The first kappa shape index (κ1) is 18.9. The van der Waals surface area contributed by atoms with Gasteiger partial charge in [-0.3, -0.25) is 19.7 Å². The molecule has 0 aliphatic heterocycles. The number of urea groups is 1. The Morgan fingerprint density at radius 1 is 1.04 bits per heavy atom. The van der Waals surface area contributed by atoms with Gasteiger partial charge in [-0.05, 0) is 31.2 Å². The maximum Gasteiger partial charge on any atom is 0.325 e. The molecule has 24 heavy (non-hydrogen) atoms. The lowest BCUT2D eigenvalue weighted by Gasteiger charge is -2.07. The van der Waals surface area contributed by atoms with Gasteiger partial charge in [-0.15, -0.1) is 0 Å².